The molecule has 1 heteroatoms. The quantitative estimate of drug-likeness (QED) is 0.612. The normalized spacial score (nSPS) is 23.4. The molecule has 0 saturated carbocycles. The van der Waals surface area contributed by atoms with Crippen molar-refractivity contribution in [3.8, 4) is 0 Å². The molecule has 0 amide bonds. The highest BCUT2D eigenvalue weighted by Gasteiger charge is 2.51. The molecule has 1 aliphatic carbocycles. The first kappa shape index (κ1) is 13.5. The van der Waals surface area contributed by atoms with Crippen molar-refractivity contribution < 1.29 is 0 Å². The maximum absolute atomic E-state index is 2.42. The minimum absolute atomic E-state index is 0.180. The van der Waals surface area contributed by atoms with Crippen molar-refractivity contribution in [3.63, 3.8) is 0 Å². The highest BCUT2D eigenvalue weighted by molar-refractivity contribution is 7.98. The average molecular weight is 294 g/mol. The summed E-state index contributed by atoms with van der Waals surface area (Å²) in [7, 11) is 0. The second-order valence-electron chi connectivity index (χ2n) is 7.39. The third kappa shape index (κ3) is 1.70. The van der Waals surface area contributed by atoms with Crippen LogP contribution in [0.1, 0.15) is 49.4 Å². The molecule has 2 aliphatic rings. The first-order valence-electron chi connectivity index (χ1n) is 7.87. The highest BCUT2D eigenvalue weighted by atomic mass is 32.2. The molecule has 4 rings (SSSR count). The van der Waals surface area contributed by atoms with Gasteiger partial charge in [0.1, 0.15) is 0 Å². The predicted molar refractivity (Wildman–Crippen MR) is 91.0 cm³/mol. The van der Waals surface area contributed by atoms with Crippen LogP contribution in [0.5, 0.6) is 0 Å². The molecule has 0 nitrogen and oxygen atoms in total. The van der Waals surface area contributed by atoms with Gasteiger partial charge < -0.3 is 0 Å². The average Bonchev–Trinajstić information content (AvgIpc) is 2.79. The second-order valence-corrected chi connectivity index (χ2v) is 8.41. The molecule has 0 spiro atoms. The van der Waals surface area contributed by atoms with Gasteiger partial charge in [0, 0.05) is 16.1 Å². The number of rotatable bonds is 0. The fourth-order valence-electron chi connectivity index (χ4n) is 4.48. The minimum Gasteiger partial charge on any atom is -0.121 e. The van der Waals surface area contributed by atoms with E-state index in [4.69, 9.17) is 0 Å². The van der Waals surface area contributed by atoms with Gasteiger partial charge in [-0.15, -0.1) is 11.8 Å². The van der Waals surface area contributed by atoms with Gasteiger partial charge in [-0.1, -0.05) is 57.2 Å². The Kier molecular flexibility index (Phi) is 2.81. The fraction of sp³-hybridized carbons (Fsp3) is 0.400. The Labute approximate surface area is 132 Å². The maximum Gasteiger partial charge on any atom is 0.0271 e. The molecule has 0 saturated heterocycles. The number of hydrogen-bond acceptors (Lipinski definition) is 1. The standard InChI is InChI=1S/C20H22S/c1-19(2,3)20-12-11-14-8-6-10-17(18(14)20)21-13-15-7-4-5-9-16(15)20/h4-10H,11-13H2,1-3H3. The lowest BCUT2D eigenvalue weighted by molar-refractivity contribution is 0.224. The lowest BCUT2D eigenvalue weighted by Crippen LogP contribution is -2.40. The number of benzene rings is 2. The van der Waals surface area contributed by atoms with E-state index < -0.39 is 0 Å². The van der Waals surface area contributed by atoms with Crippen molar-refractivity contribution in [1.29, 1.82) is 0 Å². The van der Waals surface area contributed by atoms with Crippen LogP contribution in [0.25, 0.3) is 0 Å². The molecule has 2 aromatic rings. The summed E-state index contributed by atoms with van der Waals surface area (Å²) in [6.45, 7) is 7.27. The van der Waals surface area contributed by atoms with E-state index in [2.05, 4.69) is 63.2 Å². The van der Waals surface area contributed by atoms with Crippen LogP contribution in [-0.4, -0.2) is 0 Å². The lowest BCUT2D eigenvalue weighted by atomic mass is 9.59. The van der Waals surface area contributed by atoms with Gasteiger partial charge in [0.2, 0.25) is 0 Å². The van der Waals surface area contributed by atoms with Gasteiger partial charge in [0.15, 0.2) is 0 Å². The van der Waals surface area contributed by atoms with Crippen LogP contribution in [0.4, 0.5) is 0 Å². The first-order chi connectivity index (χ1) is 10.0. The Morgan fingerprint density at radius 3 is 2.52 bits per heavy atom. The molecule has 0 radical (unpaired) electrons. The van der Waals surface area contributed by atoms with Crippen molar-refractivity contribution in [3.05, 3.63) is 64.7 Å². The van der Waals surface area contributed by atoms with E-state index in [-0.39, 0.29) is 10.8 Å². The van der Waals surface area contributed by atoms with Gasteiger partial charge in [-0.3, -0.25) is 0 Å². The Morgan fingerprint density at radius 2 is 1.71 bits per heavy atom. The Hall–Kier alpha value is -1.21. The smallest absolute Gasteiger partial charge is 0.0271 e. The Morgan fingerprint density at radius 1 is 0.952 bits per heavy atom. The van der Waals surface area contributed by atoms with Crippen LogP contribution >= 0.6 is 11.8 Å². The molecule has 1 unspecified atom stereocenters. The fourth-order valence-corrected chi connectivity index (χ4v) is 5.67. The van der Waals surface area contributed by atoms with Crippen molar-refractivity contribution in [2.24, 2.45) is 5.41 Å². The highest BCUT2D eigenvalue weighted by Crippen LogP contribution is 2.59. The Balaban J connectivity index is 2.12. The summed E-state index contributed by atoms with van der Waals surface area (Å²) in [4.78, 5) is 1.51. The van der Waals surface area contributed by atoms with E-state index in [1.165, 1.54) is 23.3 Å². The summed E-state index contributed by atoms with van der Waals surface area (Å²) in [6, 6.07) is 16.1. The number of hydrogen-bond donors (Lipinski definition) is 0. The molecular formula is C20H22S. The summed E-state index contributed by atoms with van der Waals surface area (Å²) < 4.78 is 0. The van der Waals surface area contributed by atoms with Gasteiger partial charge in [-0.25, -0.2) is 0 Å². The monoisotopic (exact) mass is 294 g/mol. The van der Waals surface area contributed by atoms with Crippen molar-refractivity contribution in [2.75, 3.05) is 0 Å². The summed E-state index contributed by atoms with van der Waals surface area (Å²) in [6.07, 6.45) is 2.47. The zero-order valence-corrected chi connectivity index (χ0v) is 13.9. The topological polar surface area (TPSA) is 0 Å². The largest absolute Gasteiger partial charge is 0.121 e. The van der Waals surface area contributed by atoms with Gasteiger partial charge in [0.05, 0.1) is 0 Å². The van der Waals surface area contributed by atoms with E-state index in [1.54, 1.807) is 16.7 Å². The first-order valence-corrected chi connectivity index (χ1v) is 8.86. The van der Waals surface area contributed by atoms with Crippen molar-refractivity contribution >= 4 is 11.8 Å². The van der Waals surface area contributed by atoms with Gasteiger partial charge in [-0.2, -0.15) is 0 Å². The predicted octanol–water partition coefficient (Wildman–Crippen LogP) is 5.57. The molecule has 0 bridgehead atoms. The zero-order chi connectivity index (χ0) is 14.7. The zero-order valence-electron chi connectivity index (χ0n) is 13.1. The minimum atomic E-state index is 0.180. The SMILES string of the molecule is CC(C)(C)C12CCc3cccc(c31)SCc1ccccc12. The molecule has 21 heavy (non-hydrogen) atoms. The molecule has 2 aromatic carbocycles. The number of aryl methyl sites for hydroxylation is 1. The molecule has 1 aliphatic heterocycles. The van der Waals surface area contributed by atoms with Crippen LogP contribution in [0.3, 0.4) is 0 Å². The molecule has 0 fully saturated rings. The summed E-state index contributed by atoms with van der Waals surface area (Å²) in [5.41, 5.74) is 6.73. The summed E-state index contributed by atoms with van der Waals surface area (Å²) >= 11 is 2.02. The van der Waals surface area contributed by atoms with Crippen LogP contribution in [0, 0.1) is 5.41 Å². The van der Waals surface area contributed by atoms with Crippen molar-refractivity contribution in [2.45, 2.75) is 49.7 Å². The van der Waals surface area contributed by atoms with E-state index in [9.17, 15) is 0 Å². The van der Waals surface area contributed by atoms with E-state index in [1.807, 2.05) is 11.8 Å². The van der Waals surface area contributed by atoms with E-state index >= 15 is 0 Å². The van der Waals surface area contributed by atoms with Crippen LogP contribution in [0.2, 0.25) is 0 Å². The molecule has 1 heterocycles. The molecule has 1 atom stereocenters. The van der Waals surface area contributed by atoms with Crippen LogP contribution < -0.4 is 0 Å². The third-order valence-electron chi connectivity index (χ3n) is 5.45. The van der Waals surface area contributed by atoms with Gasteiger partial charge in [0.25, 0.3) is 0 Å². The molecule has 108 valence electrons. The summed E-state index contributed by atoms with van der Waals surface area (Å²) in [5, 5.41) is 0. The van der Waals surface area contributed by atoms with E-state index in [0.29, 0.717) is 0 Å². The Bertz CT molecular complexity index is 708. The number of fused-ring (bicyclic) bond motifs is 2. The second kappa shape index (κ2) is 4.39. The molecular weight excluding hydrogens is 272 g/mol. The van der Waals surface area contributed by atoms with E-state index in [0.717, 1.165) is 5.75 Å². The maximum atomic E-state index is 2.42. The third-order valence-corrected chi connectivity index (χ3v) is 6.56. The lowest BCUT2D eigenvalue weighted by Gasteiger charge is -2.44. The van der Waals surface area contributed by atoms with Crippen molar-refractivity contribution in [1.82, 2.24) is 0 Å². The van der Waals surface area contributed by atoms with Crippen LogP contribution in [0.15, 0.2) is 47.4 Å². The van der Waals surface area contributed by atoms with Crippen LogP contribution in [-0.2, 0) is 17.6 Å². The van der Waals surface area contributed by atoms with Gasteiger partial charge in [-0.05, 0) is 46.6 Å². The summed E-state index contributed by atoms with van der Waals surface area (Å²) in [5.74, 6) is 1.10. The van der Waals surface area contributed by atoms with Gasteiger partial charge >= 0.3 is 0 Å². The molecule has 0 N–H and O–H groups in total. The molecule has 0 aromatic heterocycles. The number of thioether (sulfide) groups is 1.